The highest BCUT2D eigenvalue weighted by molar-refractivity contribution is 6.32. The lowest BCUT2D eigenvalue weighted by Gasteiger charge is -2.26. The molecule has 20 heavy (non-hydrogen) atoms. The summed E-state index contributed by atoms with van der Waals surface area (Å²) in [4.78, 5) is 11.4. The molecule has 0 saturated heterocycles. The molecule has 0 fully saturated rings. The number of carboxylic acids is 1. The smallest absolute Gasteiger partial charge is 0.323 e. The lowest BCUT2D eigenvalue weighted by Crippen LogP contribution is -2.48. The van der Waals surface area contributed by atoms with Crippen LogP contribution < -0.4 is 14.8 Å². The minimum atomic E-state index is -0.947. The molecule has 0 aromatic heterocycles. The summed E-state index contributed by atoms with van der Waals surface area (Å²) in [6, 6.07) is 3.58. The summed E-state index contributed by atoms with van der Waals surface area (Å²) in [5.74, 6) is 0.290. The van der Waals surface area contributed by atoms with Gasteiger partial charge in [-0.05, 0) is 31.0 Å². The van der Waals surface area contributed by atoms with E-state index in [1.165, 1.54) is 0 Å². The van der Waals surface area contributed by atoms with Crippen molar-refractivity contribution in [3.8, 4) is 11.5 Å². The molecule has 0 spiro atoms. The van der Waals surface area contributed by atoms with Gasteiger partial charge in [-0.1, -0.05) is 24.9 Å². The molecule has 1 aliphatic heterocycles. The van der Waals surface area contributed by atoms with Crippen molar-refractivity contribution in [2.75, 3.05) is 6.79 Å². The molecular formula is C14H18ClNO4. The van der Waals surface area contributed by atoms with Gasteiger partial charge in [0.1, 0.15) is 5.54 Å². The van der Waals surface area contributed by atoms with Gasteiger partial charge >= 0.3 is 5.97 Å². The maximum absolute atomic E-state index is 11.4. The molecule has 0 aliphatic carbocycles. The molecule has 0 bridgehead atoms. The number of hydrogen-bond acceptors (Lipinski definition) is 4. The standard InChI is InChI=1S/C14H18ClNO4/c1-3-4-14(2,13(17)18)16-7-9-5-10(15)12-11(6-9)19-8-20-12/h5-6,16H,3-4,7-8H2,1-2H3,(H,17,18). The quantitative estimate of drug-likeness (QED) is 0.845. The third-order valence-corrected chi connectivity index (χ3v) is 3.67. The molecule has 110 valence electrons. The first-order valence-corrected chi connectivity index (χ1v) is 6.90. The van der Waals surface area contributed by atoms with Crippen LogP contribution in [0.3, 0.4) is 0 Å². The molecule has 6 heteroatoms. The number of aliphatic carboxylic acids is 1. The maximum Gasteiger partial charge on any atom is 0.323 e. The van der Waals surface area contributed by atoms with E-state index in [1.807, 2.05) is 13.0 Å². The van der Waals surface area contributed by atoms with Crippen LogP contribution in [0.5, 0.6) is 11.5 Å². The van der Waals surface area contributed by atoms with Crippen LogP contribution in [0.25, 0.3) is 0 Å². The first kappa shape index (κ1) is 14.9. The lowest BCUT2D eigenvalue weighted by atomic mass is 9.96. The molecule has 2 N–H and O–H groups in total. The third kappa shape index (κ3) is 2.99. The molecule has 5 nitrogen and oxygen atoms in total. The molecule has 0 radical (unpaired) electrons. The van der Waals surface area contributed by atoms with E-state index in [0.29, 0.717) is 29.5 Å². The zero-order valence-electron chi connectivity index (χ0n) is 11.5. The van der Waals surface area contributed by atoms with Crippen LogP contribution in [0.1, 0.15) is 32.3 Å². The van der Waals surface area contributed by atoms with Gasteiger partial charge in [0.2, 0.25) is 6.79 Å². The highest BCUT2D eigenvalue weighted by Gasteiger charge is 2.31. The Hall–Kier alpha value is -1.46. The molecule has 1 heterocycles. The summed E-state index contributed by atoms with van der Waals surface area (Å²) in [5.41, 5.74) is -0.0831. The van der Waals surface area contributed by atoms with Gasteiger partial charge in [0, 0.05) is 6.54 Å². The fourth-order valence-electron chi connectivity index (χ4n) is 2.19. The molecule has 0 amide bonds. The number of fused-ring (bicyclic) bond motifs is 1. The second-order valence-electron chi connectivity index (χ2n) is 5.05. The van der Waals surface area contributed by atoms with E-state index in [2.05, 4.69) is 5.32 Å². The van der Waals surface area contributed by atoms with Crippen molar-refractivity contribution in [2.24, 2.45) is 0 Å². The van der Waals surface area contributed by atoms with Gasteiger partial charge in [0.15, 0.2) is 11.5 Å². The minimum absolute atomic E-state index is 0.161. The van der Waals surface area contributed by atoms with Crippen LogP contribution in [-0.2, 0) is 11.3 Å². The van der Waals surface area contributed by atoms with Crippen molar-refractivity contribution < 1.29 is 19.4 Å². The Bertz CT molecular complexity index is 520. The van der Waals surface area contributed by atoms with Gasteiger partial charge in [0.25, 0.3) is 0 Å². The number of benzene rings is 1. The summed E-state index contributed by atoms with van der Waals surface area (Å²) in [5, 5.41) is 12.9. The Labute approximate surface area is 122 Å². The molecule has 1 atom stereocenters. The minimum Gasteiger partial charge on any atom is -0.480 e. The average Bonchev–Trinajstić information content (AvgIpc) is 2.85. The van der Waals surface area contributed by atoms with Crippen LogP contribution in [0, 0.1) is 0 Å². The number of rotatable bonds is 6. The highest BCUT2D eigenvalue weighted by atomic mass is 35.5. The van der Waals surface area contributed by atoms with Crippen LogP contribution in [0.4, 0.5) is 0 Å². The molecular weight excluding hydrogens is 282 g/mol. The van der Waals surface area contributed by atoms with Gasteiger partial charge in [0.05, 0.1) is 5.02 Å². The predicted octanol–water partition coefficient (Wildman–Crippen LogP) is 2.80. The van der Waals surface area contributed by atoms with E-state index in [1.54, 1.807) is 13.0 Å². The van der Waals surface area contributed by atoms with Crippen LogP contribution in [0.15, 0.2) is 12.1 Å². The summed E-state index contributed by atoms with van der Waals surface area (Å²) in [6.45, 7) is 4.21. The van der Waals surface area contributed by atoms with E-state index < -0.39 is 11.5 Å². The SMILES string of the molecule is CCCC(C)(NCc1cc(Cl)c2c(c1)OCO2)C(=O)O. The van der Waals surface area contributed by atoms with Gasteiger partial charge < -0.3 is 14.6 Å². The molecule has 1 unspecified atom stereocenters. The largest absolute Gasteiger partial charge is 0.480 e. The topological polar surface area (TPSA) is 67.8 Å². The van der Waals surface area contributed by atoms with E-state index in [4.69, 9.17) is 21.1 Å². The second-order valence-corrected chi connectivity index (χ2v) is 5.46. The Morgan fingerprint density at radius 2 is 2.25 bits per heavy atom. The number of ether oxygens (including phenoxy) is 2. The average molecular weight is 300 g/mol. The fraction of sp³-hybridized carbons (Fsp3) is 0.500. The highest BCUT2D eigenvalue weighted by Crippen LogP contribution is 2.39. The van der Waals surface area contributed by atoms with Crippen molar-refractivity contribution in [1.29, 1.82) is 0 Å². The van der Waals surface area contributed by atoms with Crippen molar-refractivity contribution >= 4 is 17.6 Å². The Morgan fingerprint density at radius 3 is 2.90 bits per heavy atom. The van der Waals surface area contributed by atoms with Crippen molar-refractivity contribution in [3.05, 3.63) is 22.7 Å². The fourth-order valence-corrected chi connectivity index (χ4v) is 2.48. The van der Waals surface area contributed by atoms with E-state index in [-0.39, 0.29) is 6.79 Å². The molecule has 1 aromatic rings. The Balaban J connectivity index is 2.11. The van der Waals surface area contributed by atoms with Gasteiger partial charge in [-0.15, -0.1) is 0 Å². The molecule has 1 aliphatic rings. The van der Waals surface area contributed by atoms with Crippen LogP contribution in [0.2, 0.25) is 5.02 Å². The summed E-state index contributed by atoms with van der Waals surface area (Å²) in [6.07, 6.45) is 1.35. The monoisotopic (exact) mass is 299 g/mol. The van der Waals surface area contributed by atoms with E-state index in [9.17, 15) is 9.90 Å². The number of halogens is 1. The summed E-state index contributed by atoms with van der Waals surface area (Å²) < 4.78 is 10.5. The first-order valence-electron chi connectivity index (χ1n) is 6.52. The van der Waals surface area contributed by atoms with Crippen LogP contribution in [-0.4, -0.2) is 23.4 Å². The van der Waals surface area contributed by atoms with Crippen molar-refractivity contribution in [2.45, 2.75) is 38.8 Å². The summed E-state index contributed by atoms with van der Waals surface area (Å²) in [7, 11) is 0. The maximum atomic E-state index is 11.4. The van der Waals surface area contributed by atoms with E-state index >= 15 is 0 Å². The van der Waals surface area contributed by atoms with Gasteiger partial charge in [-0.25, -0.2) is 0 Å². The number of nitrogens with one attached hydrogen (secondary N) is 1. The third-order valence-electron chi connectivity index (χ3n) is 3.39. The molecule has 2 rings (SSSR count). The number of carbonyl (C=O) groups is 1. The predicted molar refractivity (Wildman–Crippen MR) is 75.4 cm³/mol. The van der Waals surface area contributed by atoms with Gasteiger partial charge in [-0.3, -0.25) is 10.1 Å². The lowest BCUT2D eigenvalue weighted by molar-refractivity contribution is -0.144. The first-order chi connectivity index (χ1) is 9.46. The Kier molecular flexibility index (Phi) is 4.40. The molecule has 1 aromatic carbocycles. The zero-order valence-corrected chi connectivity index (χ0v) is 12.3. The zero-order chi connectivity index (χ0) is 14.8. The normalized spacial score (nSPS) is 15.9. The van der Waals surface area contributed by atoms with Crippen molar-refractivity contribution in [1.82, 2.24) is 5.32 Å². The van der Waals surface area contributed by atoms with Gasteiger partial charge in [-0.2, -0.15) is 0 Å². The summed E-state index contributed by atoms with van der Waals surface area (Å²) >= 11 is 6.10. The van der Waals surface area contributed by atoms with Crippen LogP contribution >= 0.6 is 11.6 Å². The van der Waals surface area contributed by atoms with E-state index in [0.717, 1.165) is 12.0 Å². The number of hydrogen-bond donors (Lipinski definition) is 2. The van der Waals surface area contributed by atoms with Crippen molar-refractivity contribution in [3.63, 3.8) is 0 Å². The Morgan fingerprint density at radius 1 is 1.50 bits per heavy atom. The number of carboxylic acid groups (broad SMARTS) is 1. The molecule has 0 saturated carbocycles. The second kappa shape index (κ2) is 5.89.